The van der Waals surface area contributed by atoms with Gasteiger partial charge in [-0.1, -0.05) is 25.3 Å². The Kier molecular flexibility index (Phi) is 11.5. The van der Waals surface area contributed by atoms with Gasteiger partial charge in [-0.15, -0.1) is 6.58 Å². The summed E-state index contributed by atoms with van der Waals surface area (Å²) in [5.74, 6) is -0.684. The van der Waals surface area contributed by atoms with Gasteiger partial charge in [0, 0.05) is 19.4 Å². The Morgan fingerprint density at radius 2 is 1.73 bits per heavy atom. The van der Waals surface area contributed by atoms with Crippen molar-refractivity contribution >= 4 is 11.9 Å². The molecule has 0 rings (SSSR count). The average Bonchev–Trinajstić information content (AvgIpc) is 2.41. The number of quaternary nitrogens is 1. The van der Waals surface area contributed by atoms with Crippen LogP contribution in [0.4, 0.5) is 0 Å². The third-order valence-corrected chi connectivity index (χ3v) is 3.64. The van der Waals surface area contributed by atoms with Crippen LogP contribution in [0.2, 0.25) is 0 Å². The van der Waals surface area contributed by atoms with Crippen LogP contribution in [-0.2, 0) is 9.59 Å². The molecule has 0 radical (unpaired) electrons. The van der Waals surface area contributed by atoms with Crippen molar-refractivity contribution in [3.8, 4) is 0 Å². The zero-order valence-corrected chi connectivity index (χ0v) is 14.3. The molecule has 0 fully saturated rings. The van der Waals surface area contributed by atoms with E-state index < -0.39 is 5.97 Å². The molecule has 0 aromatic heterocycles. The first-order valence-corrected chi connectivity index (χ1v) is 8.29. The number of hydrogen-bond acceptors (Lipinski definition) is 2. The number of nitrogens with zero attached hydrogens (tertiary/aromatic N) is 1. The van der Waals surface area contributed by atoms with Crippen LogP contribution >= 0.6 is 0 Å². The molecule has 0 aromatic rings. The van der Waals surface area contributed by atoms with Gasteiger partial charge in [-0.05, 0) is 19.3 Å². The van der Waals surface area contributed by atoms with Crippen LogP contribution in [0.3, 0.4) is 0 Å². The maximum absolute atomic E-state index is 11.7. The first-order chi connectivity index (χ1) is 10.4. The second-order valence-electron chi connectivity index (χ2n) is 6.51. The van der Waals surface area contributed by atoms with Crippen molar-refractivity contribution in [3.05, 3.63) is 12.7 Å². The van der Waals surface area contributed by atoms with Gasteiger partial charge in [-0.25, -0.2) is 4.79 Å². The number of carboxylic acid groups (broad SMARTS) is 1. The molecule has 0 aliphatic rings. The molecule has 0 saturated heterocycles. The maximum atomic E-state index is 11.7. The van der Waals surface area contributed by atoms with E-state index in [4.69, 9.17) is 5.11 Å². The summed E-state index contributed by atoms with van der Waals surface area (Å²) in [4.78, 5) is 22.4. The smallest absolute Gasteiger partial charge is 0.359 e. The van der Waals surface area contributed by atoms with Gasteiger partial charge >= 0.3 is 5.97 Å². The number of likely N-dealkylation sites (N-methyl/N-ethyl adjacent to an activating group) is 1. The van der Waals surface area contributed by atoms with Crippen molar-refractivity contribution in [2.75, 3.05) is 33.7 Å². The van der Waals surface area contributed by atoms with Crippen molar-refractivity contribution in [3.63, 3.8) is 0 Å². The van der Waals surface area contributed by atoms with E-state index in [9.17, 15) is 9.59 Å². The predicted molar refractivity (Wildman–Crippen MR) is 89.6 cm³/mol. The number of hydrogen-bond donors (Lipinski definition) is 2. The van der Waals surface area contributed by atoms with Gasteiger partial charge in [0.15, 0.2) is 6.54 Å². The standard InChI is InChI=1S/C17H32N2O3/c1-4-5-6-7-8-9-10-12-16(20)18-13-11-14-19(2,3)15-17(21)22/h4H,1,5-15H2,2-3H3,(H-,18,20,21,22)/p+1. The van der Waals surface area contributed by atoms with Crippen molar-refractivity contribution in [2.45, 2.75) is 51.4 Å². The minimum Gasteiger partial charge on any atom is -0.477 e. The summed E-state index contributed by atoms with van der Waals surface area (Å²) in [7, 11) is 3.78. The zero-order valence-electron chi connectivity index (χ0n) is 14.3. The van der Waals surface area contributed by atoms with Crippen LogP contribution in [0.1, 0.15) is 51.4 Å². The summed E-state index contributed by atoms with van der Waals surface area (Å²) in [6, 6.07) is 0. The van der Waals surface area contributed by atoms with Gasteiger partial charge in [-0.3, -0.25) is 4.79 Å². The van der Waals surface area contributed by atoms with E-state index in [2.05, 4.69) is 11.9 Å². The summed E-state index contributed by atoms with van der Waals surface area (Å²) in [6.45, 7) is 5.18. The average molecular weight is 313 g/mol. The Morgan fingerprint density at radius 1 is 1.09 bits per heavy atom. The lowest BCUT2D eigenvalue weighted by atomic mass is 10.1. The third-order valence-electron chi connectivity index (χ3n) is 3.64. The summed E-state index contributed by atoms with van der Waals surface area (Å²) in [5.41, 5.74) is 0. The monoisotopic (exact) mass is 313 g/mol. The van der Waals surface area contributed by atoms with Gasteiger partial charge in [0.05, 0.1) is 20.6 Å². The Morgan fingerprint density at radius 3 is 2.36 bits per heavy atom. The molecule has 2 N–H and O–H groups in total. The van der Waals surface area contributed by atoms with E-state index in [1.54, 1.807) is 0 Å². The van der Waals surface area contributed by atoms with Crippen LogP contribution in [0, 0.1) is 0 Å². The Labute approximate surface area is 135 Å². The third kappa shape index (κ3) is 13.6. The largest absolute Gasteiger partial charge is 0.477 e. The molecule has 5 heteroatoms. The van der Waals surface area contributed by atoms with Crippen molar-refractivity contribution < 1.29 is 19.2 Å². The molecule has 0 unspecified atom stereocenters. The van der Waals surface area contributed by atoms with Crippen molar-refractivity contribution in [1.29, 1.82) is 0 Å². The van der Waals surface area contributed by atoms with E-state index in [0.29, 0.717) is 17.4 Å². The molecule has 0 atom stereocenters. The number of aliphatic carboxylic acids is 1. The number of amides is 1. The Hall–Kier alpha value is -1.36. The van der Waals surface area contributed by atoms with Gasteiger partial charge in [0.25, 0.3) is 0 Å². The molecule has 22 heavy (non-hydrogen) atoms. The van der Waals surface area contributed by atoms with Gasteiger partial charge in [0.1, 0.15) is 0 Å². The molecule has 0 spiro atoms. The lowest BCUT2D eigenvalue weighted by Crippen LogP contribution is -2.45. The number of carbonyl (C=O) groups is 2. The second kappa shape index (κ2) is 12.2. The van der Waals surface area contributed by atoms with E-state index in [1.165, 1.54) is 19.3 Å². The fraction of sp³-hybridized carbons (Fsp3) is 0.765. The summed E-state index contributed by atoms with van der Waals surface area (Å²) in [5, 5.41) is 11.7. The molecule has 0 bridgehead atoms. The molecule has 5 nitrogen and oxygen atoms in total. The summed E-state index contributed by atoms with van der Waals surface area (Å²) >= 11 is 0. The molecular weight excluding hydrogens is 280 g/mol. The van der Waals surface area contributed by atoms with Crippen LogP contribution in [0.25, 0.3) is 0 Å². The van der Waals surface area contributed by atoms with Gasteiger partial charge < -0.3 is 14.9 Å². The quantitative estimate of drug-likeness (QED) is 0.294. The number of carbonyl (C=O) groups excluding carboxylic acids is 1. The number of unbranched alkanes of at least 4 members (excludes halogenated alkanes) is 5. The zero-order chi connectivity index (χ0) is 16.8. The van der Waals surface area contributed by atoms with E-state index in [-0.39, 0.29) is 12.5 Å². The number of carboxylic acids is 1. The highest BCUT2D eigenvalue weighted by Gasteiger charge is 2.18. The fourth-order valence-corrected chi connectivity index (χ4v) is 2.37. The number of nitrogens with one attached hydrogen (secondary N) is 1. The molecule has 0 heterocycles. The molecule has 128 valence electrons. The molecule has 0 aliphatic carbocycles. The highest BCUT2D eigenvalue weighted by Crippen LogP contribution is 2.07. The molecule has 0 aliphatic heterocycles. The fourth-order valence-electron chi connectivity index (χ4n) is 2.37. The van der Waals surface area contributed by atoms with Crippen molar-refractivity contribution in [2.24, 2.45) is 0 Å². The second-order valence-corrected chi connectivity index (χ2v) is 6.51. The summed E-state index contributed by atoms with van der Waals surface area (Å²) in [6.07, 6.45) is 10.1. The predicted octanol–water partition coefficient (Wildman–Crippen LogP) is 2.57. The topological polar surface area (TPSA) is 66.4 Å². The highest BCUT2D eigenvalue weighted by molar-refractivity contribution is 5.75. The Bertz CT molecular complexity index is 341. The van der Waals surface area contributed by atoms with Crippen molar-refractivity contribution in [1.82, 2.24) is 5.32 Å². The number of allylic oxidation sites excluding steroid dienone is 1. The first-order valence-electron chi connectivity index (χ1n) is 8.29. The SMILES string of the molecule is C=CCCCCCCCC(=O)NCCC[N+](C)(C)CC(=O)O. The lowest BCUT2D eigenvalue weighted by Gasteiger charge is -2.27. The Balaban J connectivity index is 3.50. The summed E-state index contributed by atoms with van der Waals surface area (Å²) < 4.78 is 0.440. The molecule has 0 aromatic carbocycles. The van der Waals surface area contributed by atoms with Gasteiger partial charge in [0.2, 0.25) is 5.91 Å². The van der Waals surface area contributed by atoms with E-state index >= 15 is 0 Å². The molecule has 1 amide bonds. The van der Waals surface area contributed by atoms with Crippen LogP contribution in [-0.4, -0.2) is 55.2 Å². The normalized spacial score (nSPS) is 11.2. The number of rotatable bonds is 14. The van der Waals surface area contributed by atoms with Crippen LogP contribution in [0.15, 0.2) is 12.7 Å². The van der Waals surface area contributed by atoms with E-state index in [0.717, 1.165) is 32.2 Å². The van der Waals surface area contributed by atoms with Crippen LogP contribution in [0.5, 0.6) is 0 Å². The first kappa shape index (κ1) is 20.6. The minimum absolute atomic E-state index is 0.106. The molecular formula is C17H33N2O3+. The highest BCUT2D eigenvalue weighted by atomic mass is 16.4. The molecule has 0 saturated carbocycles. The maximum Gasteiger partial charge on any atom is 0.359 e. The lowest BCUT2D eigenvalue weighted by molar-refractivity contribution is -0.883. The minimum atomic E-state index is -0.790. The van der Waals surface area contributed by atoms with Gasteiger partial charge in [-0.2, -0.15) is 0 Å². The van der Waals surface area contributed by atoms with E-state index in [1.807, 2.05) is 20.2 Å². The van der Waals surface area contributed by atoms with Crippen LogP contribution < -0.4 is 5.32 Å².